The summed E-state index contributed by atoms with van der Waals surface area (Å²) in [5.74, 6) is -10.0. The number of nitrogens with one attached hydrogen (secondary N) is 4. The molecule has 0 radical (unpaired) electrons. The Hall–Kier alpha value is -5.55. The molecule has 0 aliphatic carbocycles. The molecule has 0 bridgehead atoms. The molecule has 0 aliphatic rings. The van der Waals surface area contributed by atoms with Gasteiger partial charge in [0.05, 0.1) is 6.42 Å². The molecule has 0 heterocycles. The molecule has 240 valence electrons. The number of rotatable bonds is 17. The van der Waals surface area contributed by atoms with Gasteiger partial charge in [0, 0.05) is 6.42 Å². The number of nitrogens with zero attached hydrogens (tertiary/aromatic N) is 1. The number of hydrogen-bond acceptors (Lipinski definition) is 10. The first-order valence-electron chi connectivity index (χ1n) is 12.9. The average molecular weight is 624 g/mol. The minimum atomic E-state index is -1.76. The highest BCUT2D eigenvalue weighted by atomic mass is 16.5. The fraction of sp³-hybridized carbons (Fsp3) is 0.423. The number of benzene rings is 1. The van der Waals surface area contributed by atoms with Gasteiger partial charge in [0.1, 0.15) is 31.3 Å². The number of ether oxygens (including phenoxy) is 1. The van der Waals surface area contributed by atoms with Gasteiger partial charge in [0.25, 0.3) is 5.91 Å². The minimum absolute atomic E-state index is 0.196. The highest BCUT2D eigenvalue weighted by molar-refractivity contribution is 6.24. The van der Waals surface area contributed by atoms with E-state index in [1.165, 1.54) is 13.8 Å². The second kappa shape index (κ2) is 18.1. The summed E-state index contributed by atoms with van der Waals surface area (Å²) in [5.41, 5.74) is 2.51. The maximum Gasteiger partial charge on any atom is 0.408 e. The molecule has 18 heteroatoms. The summed E-state index contributed by atoms with van der Waals surface area (Å²) < 4.78 is 5.00. The number of hydrogen-bond donors (Lipinski definition) is 7. The minimum Gasteiger partial charge on any atom is -0.481 e. The summed E-state index contributed by atoms with van der Waals surface area (Å²) in [4.78, 5) is 107. The Morgan fingerprint density at radius 2 is 1.43 bits per heavy atom. The smallest absolute Gasteiger partial charge is 0.408 e. The number of carbonyl (C=O) groups excluding carboxylic acids is 6. The molecule has 0 saturated carbocycles. The van der Waals surface area contributed by atoms with Crippen molar-refractivity contribution in [1.82, 2.24) is 26.4 Å². The normalized spacial score (nSPS) is 12.4. The van der Waals surface area contributed by atoms with Gasteiger partial charge < -0.3 is 36.0 Å². The number of aliphatic carboxylic acids is 3. The third-order valence-corrected chi connectivity index (χ3v) is 5.63. The van der Waals surface area contributed by atoms with Crippen LogP contribution in [-0.2, 0) is 49.7 Å². The number of amides is 5. The lowest BCUT2D eigenvalue weighted by Crippen LogP contribution is -2.60. The Bertz CT molecular complexity index is 1240. The van der Waals surface area contributed by atoms with E-state index < -0.39 is 97.5 Å². The van der Waals surface area contributed by atoms with Gasteiger partial charge in [-0.15, -0.1) is 0 Å². The van der Waals surface area contributed by atoms with Crippen molar-refractivity contribution in [3.8, 4) is 0 Å². The quantitative estimate of drug-likeness (QED) is 0.0585. The number of hydrazine groups is 1. The van der Waals surface area contributed by atoms with Crippen molar-refractivity contribution >= 4 is 53.9 Å². The zero-order valence-electron chi connectivity index (χ0n) is 23.7. The second-order valence-corrected chi connectivity index (χ2v) is 9.49. The zero-order valence-corrected chi connectivity index (χ0v) is 23.7. The van der Waals surface area contributed by atoms with Crippen LogP contribution in [0.25, 0.3) is 0 Å². The lowest BCUT2D eigenvalue weighted by atomic mass is 10.0. The number of alkyl carbamates (subject to hydrolysis) is 1. The van der Waals surface area contributed by atoms with Crippen LogP contribution >= 0.6 is 0 Å². The zero-order chi connectivity index (χ0) is 33.4. The van der Waals surface area contributed by atoms with Crippen molar-refractivity contribution in [2.75, 3.05) is 6.54 Å². The third kappa shape index (κ3) is 13.4. The Labute approximate surface area is 250 Å². The molecule has 3 atom stereocenters. The van der Waals surface area contributed by atoms with E-state index in [1.807, 2.05) is 5.43 Å². The van der Waals surface area contributed by atoms with E-state index in [0.717, 1.165) is 0 Å². The maximum absolute atomic E-state index is 13.1. The lowest BCUT2D eigenvalue weighted by Gasteiger charge is -2.28. The molecule has 0 aliphatic heterocycles. The van der Waals surface area contributed by atoms with Crippen molar-refractivity contribution in [3.63, 3.8) is 0 Å². The van der Waals surface area contributed by atoms with Crippen LogP contribution in [-0.4, -0.2) is 98.9 Å². The predicted molar refractivity (Wildman–Crippen MR) is 145 cm³/mol. The molecular formula is C26H33N5O13. The monoisotopic (exact) mass is 623 g/mol. The number of aldehydes is 1. The molecule has 0 fully saturated rings. The van der Waals surface area contributed by atoms with E-state index in [1.54, 1.807) is 30.3 Å². The van der Waals surface area contributed by atoms with E-state index >= 15 is 0 Å². The van der Waals surface area contributed by atoms with Crippen LogP contribution in [0, 0.1) is 5.92 Å². The summed E-state index contributed by atoms with van der Waals surface area (Å²) in [7, 11) is 0. The van der Waals surface area contributed by atoms with Gasteiger partial charge in [-0.1, -0.05) is 44.2 Å². The summed E-state index contributed by atoms with van der Waals surface area (Å²) in [6, 6.07) is 3.46. The first kappa shape index (κ1) is 36.5. The van der Waals surface area contributed by atoms with E-state index in [2.05, 4.69) is 16.0 Å². The van der Waals surface area contributed by atoms with Crippen LogP contribution in [0.5, 0.6) is 0 Å². The second-order valence-electron chi connectivity index (χ2n) is 9.49. The first-order chi connectivity index (χ1) is 20.6. The molecule has 18 nitrogen and oxygen atoms in total. The number of carboxylic acids is 3. The standard InChI is InChI=1S/C26H33N5O13/c1-14(2)22(25(42)30-31(11-21(38)39)18(33)12-32)29-23(40)16(8-9-19(34)35)27-24(41)17(10-20(36)37)28-26(43)44-13-15-6-4-3-5-7-15/h3-7,12,14,16-17,22H,8-11,13H2,1-2H3,(H,27,41)(H,28,43)(H,29,40)(H,30,42)(H,34,35)(H,36,37)(H,38,39)/t16-,17-,22?/m0/s1. The molecule has 1 rings (SSSR count). The Balaban J connectivity index is 3.09. The molecule has 1 unspecified atom stereocenters. The van der Waals surface area contributed by atoms with Crippen LogP contribution in [0.2, 0.25) is 0 Å². The van der Waals surface area contributed by atoms with Crippen LogP contribution in [0.3, 0.4) is 0 Å². The van der Waals surface area contributed by atoms with Crippen molar-refractivity contribution in [2.24, 2.45) is 5.92 Å². The molecule has 0 aromatic heterocycles. The highest BCUT2D eigenvalue weighted by Gasteiger charge is 2.33. The largest absolute Gasteiger partial charge is 0.481 e. The van der Waals surface area contributed by atoms with Gasteiger partial charge in [-0.3, -0.25) is 43.8 Å². The molecule has 44 heavy (non-hydrogen) atoms. The average Bonchev–Trinajstić information content (AvgIpc) is 2.95. The summed E-state index contributed by atoms with van der Waals surface area (Å²) in [5, 5.41) is 34.0. The molecule has 0 spiro atoms. The van der Waals surface area contributed by atoms with Gasteiger partial charge in [-0.05, 0) is 17.9 Å². The Kier molecular flexibility index (Phi) is 15.0. The number of carbonyl (C=O) groups is 9. The summed E-state index contributed by atoms with van der Waals surface area (Å²) >= 11 is 0. The fourth-order valence-electron chi connectivity index (χ4n) is 3.46. The van der Waals surface area contributed by atoms with Crippen LogP contribution in [0.1, 0.15) is 38.7 Å². The lowest BCUT2D eigenvalue weighted by molar-refractivity contribution is -0.152. The Morgan fingerprint density at radius 3 is 1.95 bits per heavy atom. The summed E-state index contributed by atoms with van der Waals surface area (Å²) in [6.07, 6.45) is -3.54. The Morgan fingerprint density at radius 1 is 0.818 bits per heavy atom. The van der Waals surface area contributed by atoms with Gasteiger partial charge in [0.15, 0.2) is 0 Å². The first-order valence-corrected chi connectivity index (χ1v) is 12.9. The van der Waals surface area contributed by atoms with Crippen LogP contribution < -0.4 is 21.4 Å². The number of carboxylic acid groups (broad SMARTS) is 3. The molecule has 0 saturated heterocycles. The van der Waals surface area contributed by atoms with E-state index in [0.29, 0.717) is 5.56 Å². The fourth-order valence-corrected chi connectivity index (χ4v) is 3.46. The molecule has 1 aromatic rings. The van der Waals surface area contributed by atoms with Crippen molar-refractivity contribution in [2.45, 2.75) is 57.8 Å². The van der Waals surface area contributed by atoms with E-state index in [9.17, 15) is 48.3 Å². The molecule has 5 amide bonds. The van der Waals surface area contributed by atoms with Crippen molar-refractivity contribution in [1.29, 1.82) is 0 Å². The van der Waals surface area contributed by atoms with Gasteiger partial charge >= 0.3 is 29.9 Å². The molecular weight excluding hydrogens is 590 g/mol. The predicted octanol–water partition coefficient (Wildman–Crippen LogP) is -1.61. The SMILES string of the molecule is CC(C)C(NC(=O)[C@H](CCC(=O)O)NC(=O)[C@H](CC(=O)O)NC(=O)OCc1ccccc1)C(=O)NN(CC(=O)O)C(=O)C=O. The van der Waals surface area contributed by atoms with Crippen LogP contribution in [0.15, 0.2) is 30.3 Å². The van der Waals surface area contributed by atoms with E-state index in [-0.39, 0.29) is 17.9 Å². The van der Waals surface area contributed by atoms with Crippen molar-refractivity contribution in [3.05, 3.63) is 35.9 Å². The maximum atomic E-state index is 13.1. The van der Waals surface area contributed by atoms with Crippen LogP contribution in [0.4, 0.5) is 4.79 Å². The van der Waals surface area contributed by atoms with Crippen molar-refractivity contribution < 1.29 is 63.2 Å². The summed E-state index contributed by atoms with van der Waals surface area (Å²) in [6.45, 7) is 1.60. The highest BCUT2D eigenvalue weighted by Crippen LogP contribution is 2.07. The molecule has 7 N–H and O–H groups in total. The van der Waals surface area contributed by atoms with Gasteiger partial charge in [-0.2, -0.15) is 0 Å². The third-order valence-electron chi connectivity index (χ3n) is 5.63. The van der Waals surface area contributed by atoms with Gasteiger partial charge in [-0.25, -0.2) is 9.80 Å². The topological polar surface area (TPSA) is 275 Å². The van der Waals surface area contributed by atoms with E-state index in [4.69, 9.17) is 14.9 Å². The molecule has 1 aromatic carbocycles. The van der Waals surface area contributed by atoms with Gasteiger partial charge in [0.2, 0.25) is 18.1 Å².